The summed E-state index contributed by atoms with van der Waals surface area (Å²) in [4.78, 5) is 4.19. The highest BCUT2D eigenvalue weighted by Gasteiger charge is 2.02. The Morgan fingerprint density at radius 1 is 1.50 bits per heavy atom. The maximum atomic E-state index is 9.47. The van der Waals surface area contributed by atoms with Crippen LogP contribution in [0.2, 0.25) is 0 Å². The number of ether oxygens (including phenoxy) is 1. The molecular formula is C12H20N2O2. The van der Waals surface area contributed by atoms with Crippen LogP contribution in [0.25, 0.3) is 0 Å². The van der Waals surface area contributed by atoms with Gasteiger partial charge in [-0.05, 0) is 18.7 Å². The average Bonchev–Trinajstić information content (AvgIpc) is 2.33. The molecular weight excluding hydrogens is 204 g/mol. The Bertz CT molecular complexity index is 267. The van der Waals surface area contributed by atoms with E-state index >= 15 is 0 Å². The van der Waals surface area contributed by atoms with Gasteiger partial charge in [-0.1, -0.05) is 13.0 Å². The van der Waals surface area contributed by atoms with E-state index in [0.29, 0.717) is 19.8 Å². The number of rotatable bonds is 8. The normalized spacial score (nSPS) is 12.6. The van der Waals surface area contributed by atoms with Crippen molar-refractivity contribution in [2.45, 2.75) is 19.4 Å². The quantitative estimate of drug-likeness (QED) is 0.635. The average molecular weight is 224 g/mol. The Morgan fingerprint density at radius 2 is 2.38 bits per heavy atom. The van der Waals surface area contributed by atoms with Crippen LogP contribution in [0.3, 0.4) is 0 Å². The lowest BCUT2D eigenvalue weighted by atomic mass is 10.3. The van der Waals surface area contributed by atoms with Gasteiger partial charge in [0.1, 0.15) is 0 Å². The van der Waals surface area contributed by atoms with Gasteiger partial charge in [0.25, 0.3) is 0 Å². The summed E-state index contributed by atoms with van der Waals surface area (Å²) in [6.45, 7) is 4.43. The number of likely N-dealkylation sites (N-methyl/N-ethyl adjacent to an activating group) is 1. The maximum absolute atomic E-state index is 9.47. The number of nitrogens with one attached hydrogen (secondary N) is 1. The van der Waals surface area contributed by atoms with E-state index in [1.165, 1.54) is 0 Å². The van der Waals surface area contributed by atoms with Gasteiger partial charge < -0.3 is 15.2 Å². The van der Waals surface area contributed by atoms with E-state index in [2.05, 4.69) is 10.3 Å². The zero-order chi connectivity index (χ0) is 11.6. The molecule has 16 heavy (non-hydrogen) atoms. The van der Waals surface area contributed by atoms with E-state index in [1.807, 2.05) is 25.1 Å². The lowest BCUT2D eigenvalue weighted by Crippen LogP contribution is -2.30. The minimum atomic E-state index is -0.427. The molecule has 4 heteroatoms. The first-order valence-electron chi connectivity index (χ1n) is 5.69. The molecule has 0 aliphatic rings. The van der Waals surface area contributed by atoms with Crippen molar-refractivity contribution in [1.29, 1.82) is 0 Å². The van der Waals surface area contributed by atoms with Crippen LogP contribution in [0.15, 0.2) is 24.4 Å². The molecule has 1 rings (SSSR count). The minimum absolute atomic E-state index is 0.375. The van der Waals surface area contributed by atoms with Crippen LogP contribution in [-0.4, -0.2) is 42.5 Å². The number of pyridine rings is 1. The monoisotopic (exact) mass is 224 g/mol. The van der Waals surface area contributed by atoms with Crippen LogP contribution >= 0.6 is 0 Å². The highest BCUT2D eigenvalue weighted by atomic mass is 16.5. The summed E-state index contributed by atoms with van der Waals surface area (Å²) in [6, 6.07) is 5.82. The lowest BCUT2D eigenvalue weighted by Gasteiger charge is -2.11. The molecule has 0 fully saturated rings. The fourth-order valence-corrected chi connectivity index (χ4v) is 1.31. The number of aliphatic hydroxyl groups excluding tert-OH is 1. The van der Waals surface area contributed by atoms with E-state index in [1.54, 1.807) is 6.20 Å². The van der Waals surface area contributed by atoms with Crippen LogP contribution in [0.4, 0.5) is 0 Å². The molecule has 0 aliphatic heterocycles. The summed E-state index contributed by atoms with van der Waals surface area (Å²) in [7, 11) is 0. The number of hydrogen-bond acceptors (Lipinski definition) is 4. The van der Waals surface area contributed by atoms with Crippen LogP contribution in [0.5, 0.6) is 0 Å². The Balaban J connectivity index is 2.03. The molecule has 0 aromatic carbocycles. The topological polar surface area (TPSA) is 54.4 Å². The zero-order valence-electron chi connectivity index (χ0n) is 9.72. The summed E-state index contributed by atoms with van der Waals surface area (Å²) in [5.74, 6) is 0. The van der Waals surface area contributed by atoms with Crippen molar-refractivity contribution >= 4 is 0 Å². The van der Waals surface area contributed by atoms with Gasteiger partial charge in [0.15, 0.2) is 0 Å². The highest BCUT2D eigenvalue weighted by Crippen LogP contribution is 1.95. The molecule has 1 atom stereocenters. The van der Waals surface area contributed by atoms with Crippen molar-refractivity contribution in [3.63, 3.8) is 0 Å². The summed E-state index contributed by atoms with van der Waals surface area (Å²) in [5, 5.41) is 12.5. The first kappa shape index (κ1) is 13.1. The van der Waals surface area contributed by atoms with Gasteiger partial charge in [-0.3, -0.25) is 4.98 Å². The molecule has 4 nitrogen and oxygen atoms in total. The second-order valence-electron chi connectivity index (χ2n) is 3.61. The molecule has 0 amide bonds. The molecule has 90 valence electrons. The fraction of sp³-hybridized carbons (Fsp3) is 0.583. The van der Waals surface area contributed by atoms with E-state index < -0.39 is 6.10 Å². The Labute approximate surface area is 96.7 Å². The molecule has 0 saturated carbocycles. The summed E-state index contributed by atoms with van der Waals surface area (Å²) in [5.41, 5.74) is 1.02. The van der Waals surface area contributed by atoms with Gasteiger partial charge in [0.2, 0.25) is 0 Å². The zero-order valence-corrected chi connectivity index (χ0v) is 9.72. The third-order valence-electron chi connectivity index (χ3n) is 2.17. The third-order valence-corrected chi connectivity index (χ3v) is 2.17. The van der Waals surface area contributed by atoms with Gasteiger partial charge >= 0.3 is 0 Å². The van der Waals surface area contributed by atoms with E-state index in [4.69, 9.17) is 4.74 Å². The third kappa shape index (κ3) is 5.80. The van der Waals surface area contributed by atoms with Crippen LogP contribution in [-0.2, 0) is 11.2 Å². The maximum Gasteiger partial charge on any atom is 0.0897 e. The van der Waals surface area contributed by atoms with E-state index in [9.17, 15) is 5.11 Å². The van der Waals surface area contributed by atoms with Gasteiger partial charge in [0.05, 0.1) is 19.3 Å². The first-order valence-corrected chi connectivity index (χ1v) is 5.69. The van der Waals surface area contributed by atoms with E-state index in [0.717, 1.165) is 18.7 Å². The van der Waals surface area contributed by atoms with Crippen molar-refractivity contribution < 1.29 is 9.84 Å². The highest BCUT2D eigenvalue weighted by molar-refractivity contribution is 5.03. The van der Waals surface area contributed by atoms with Crippen molar-refractivity contribution in [3.8, 4) is 0 Å². The number of aliphatic hydroxyl groups is 1. The molecule has 1 unspecified atom stereocenters. The van der Waals surface area contributed by atoms with Gasteiger partial charge in [-0.15, -0.1) is 0 Å². The summed E-state index contributed by atoms with van der Waals surface area (Å²) >= 11 is 0. The summed E-state index contributed by atoms with van der Waals surface area (Å²) < 4.78 is 5.37. The second-order valence-corrected chi connectivity index (χ2v) is 3.61. The second kappa shape index (κ2) is 8.21. The van der Waals surface area contributed by atoms with Crippen molar-refractivity contribution in [3.05, 3.63) is 30.1 Å². The number of hydrogen-bond donors (Lipinski definition) is 2. The molecule has 1 aromatic heterocycles. The smallest absolute Gasteiger partial charge is 0.0897 e. The molecule has 0 saturated heterocycles. The SMILES string of the molecule is CCNCC(O)COCCc1ccccn1. The van der Waals surface area contributed by atoms with Gasteiger partial charge in [-0.25, -0.2) is 0 Å². The van der Waals surface area contributed by atoms with Crippen LogP contribution in [0, 0.1) is 0 Å². The minimum Gasteiger partial charge on any atom is -0.389 e. The summed E-state index contributed by atoms with van der Waals surface area (Å²) in [6.07, 6.45) is 2.13. The van der Waals surface area contributed by atoms with Crippen LogP contribution < -0.4 is 5.32 Å². The van der Waals surface area contributed by atoms with Crippen molar-refractivity contribution in [1.82, 2.24) is 10.3 Å². The number of aromatic nitrogens is 1. The predicted molar refractivity (Wildman–Crippen MR) is 63.3 cm³/mol. The lowest BCUT2D eigenvalue weighted by molar-refractivity contribution is 0.0384. The molecule has 1 aromatic rings. The van der Waals surface area contributed by atoms with Crippen molar-refractivity contribution in [2.24, 2.45) is 0 Å². The molecule has 0 aliphatic carbocycles. The van der Waals surface area contributed by atoms with E-state index in [-0.39, 0.29) is 0 Å². The molecule has 0 bridgehead atoms. The molecule has 2 N–H and O–H groups in total. The molecule has 0 radical (unpaired) electrons. The molecule has 1 heterocycles. The predicted octanol–water partition coefficient (Wildman–Crippen LogP) is 0.611. The van der Waals surface area contributed by atoms with Gasteiger partial charge in [0, 0.05) is 24.9 Å². The Kier molecular flexibility index (Phi) is 6.72. The largest absolute Gasteiger partial charge is 0.389 e. The standard InChI is InChI=1S/C12H20N2O2/c1-2-13-9-12(15)10-16-8-6-11-5-3-4-7-14-11/h3-5,7,12-13,15H,2,6,8-10H2,1H3. The van der Waals surface area contributed by atoms with Crippen LogP contribution in [0.1, 0.15) is 12.6 Å². The Morgan fingerprint density at radius 3 is 3.06 bits per heavy atom. The first-order chi connectivity index (χ1) is 7.83. The van der Waals surface area contributed by atoms with Crippen molar-refractivity contribution in [2.75, 3.05) is 26.3 Å². The number of nitrogens with zero attached hydrogens (tertiary/aromatic N) is 1. The Hall–Kier alpha value is -0.970. The fourth-order valence-electron chi connectivity index (χ4n) is 1.31. The van der Waals surface area contributed by atoms with Gasteiger partial charge in [-0.2, -0.15) is 0 Å². The molecule has 0 spiro atoms.